The molecule has 1 atom stereocenters. The molecule has 1 fully saturated rings. The van der Waals surface area contributed by atoms with Crippen molar-refractivity contribution in [2.24, 2.45) is 0 Å². The van der Waals surface area contributed by atoms with Gasteiger partial charge in [-0.25, -0.2) is 4.39 Å². The molecule has 0 radical (unpaired) electrons. The van der Waals surface area contributed by atoms with E-state index in [4.69, 9.17) is 4.52 Å². The summed E-state index contributed by atoms with van der Waals surface area (Å²) in [6.45, 7) is 3.84. The Morgan fingerprint density at radius 3 is 2.34 bits per heavy atom. The summed E-state index contributed by atoms with van der Waals surface area (Å²) < 4.78 is 18.5. The molecule has 0 bridgehead atoms. The first-order valence-electron chi connectivity index (χ1n) is 9.57. The lowest BCUT2D eigenvalue weighted by atomic mass is 10.0. The molecule has 1 aromatic heterocycles. The van der Waals surface area contributed by atoms with Gasteiger partial charge in [0.15, 0.2) is 5.76 Å². The minimum Gasteiger partial charge on any atom is -0.385 e. The van der Waals surface area contributed by atoms with Gasteiger partial charge in [-0.15, -0.1) is 0 Å². The Hall–Kier alpha value is -3.19. The highest BCUT2D eigenvalue weighted by Crippen LogP contribution is 2.30. The lowest BCUT2D eigenvalue weighted by Crippen LogP contribution is -2.49. The van der Waals surface area contributed by atoms with E-state index >= 15 is 0 Å². The van der Waals surface area contributed by atoms with Crippen LogP contribution in [0.1, 0.15) is 29.1 Å². The highest BCUT2D eigenvalue weighted by molar-refractivity contribution is 6.01. The molecule has 7 heteroatoms. The molecule has 1 amide bonds. The van der Waals surface area contributed by atoms with E-state index < -0.39 is 6.10 Å². The van der Waals surface area contributed by atoms with Crippen molar-refractivity contribution < 1.29 is 18.8 Å². The average Bonchev–Trinajstić information content (AvgIpc) is 3.20. The molecular formula is C22H22FN3O3. The van der Waals surface area contributed by atoms with E-state index in [1.54, 1.807) is 24.0 Å². The monoisotopic (exact) mass is 395 g/mol. The third kappa shape index (κ3) is 3.86. The first-order chi connectivity index (χ1) is 14.0. The minimum absolute atomic E-state index is 0.176. The number of carbonyl (C=O) groups is 1. The summed E-state index contributed by atoms with van der Waals surface area (Å²) in [6, 6.07) is 15.7. The number of nitrogens with zero attached hydrogens (tertiary/aromatic N) is 3. The summed E-state index contributed by atoms with van der Waals surface area (Å²) in [5.74, 6) is -0.302. The fourth-order valence-electron chi connectivity index (χ4n) is 3.57. The van der Waals surface area contributed by atoms with Crippen LogP contribution in [-0.2, 0) is 0 Å². The maximum absolute atomic E-state index is 13.3. The molecule has 1 unspecified atom stereocenters. The second kappa shape index (κ2) is 8.05. The first-order valence-corrected chi connectivity index (χ1v) is 9.57. The topological polar surface area (TPSA) is 69.8 Å². The van der Waals surface area contributed by atoms with Gasteiger partial charge in [0.05, 0.1) is 0 Å². The number of hydrogen-bond acceptors (Lipinski definition) is 5. The SMILES string of the molecule is CC(O)c1onc(-c2ccccc2)c1C(=O)N1CCN(c2ccc(F)cc2)CC1. The van der Waals surface area contributed by atoms with E-state index in [0.29, 0.717) is 37.4 Å². The van der Waals surface area contributed by atoms with Gasteiger partial charge in [-0.3, -0.25) is 4.79 Å². The standard InChI is InChI=1S/C22H22FN3O3/c1-15(27)21-19(20(24-29-21)16-5-3-2-4-6-16)22(28)26-13-11-25(12-14-26)18-9-7-17(23)8-10-18/h2-10,15,27H,11-14H2,1H3. The van der Waals surface area contributed by atoms with Crippen LogP contribution >= 0.6 is 0 Å². The maximum Gasteiger partial charge on any atom is 0.259 e. The summed E-state index contributed by atoms with van der Waals surface area (Å²) in [5.41, 5.74) is 2.43. The average molecular weight is 395 g/mol. The third-order valence-electron chi connectivity index (χ3n) is 5.12. The molecule has 6 nitrogen and oxygen atoms in total. The second-order valence-corrected chi connectivity index (χ2v) is 7.07. The lowest BCUT2D eigenvalue weighted by molar-refractivity contribution is 0.0735. The van der Waals surface area contributed by atoms with E-state index in [-0.39, 0.29) is 17.5 Å². The Kier molecular flexibility index (Phi) is 5.31. The highest BCUT2D eigenvalue weighted by atomic mass is 19.1. The molecule has 1 aliphatic heterocycles. The zero-order valence-corrected chi connectivity index (χ0v) is 16.1. The third-order valence-corrected chi connectivity index (χ3v) is 5.12. The van der Waals surface area contributed by atoms with Crippen molar-refractivity contribution in [3.63, 3.8) is 0 Å². The predicted octanol–water partition coefficient (Wildman–Crippen LogP) is 3.50. The number of amides is 1. The summed E-state index contributed by atoms with van der Waals surface area (Å²) in [6.07, 6.45) is -0.945. The van der Waals surface area contributed by atoms with Crippen molar-refractivity contribution in [3.05, 3.63) is 71.7 Å². The van der Waals surface area contributed by atoms with Crippen LogP contribution in [0.5, 0.6) is 0 Å². The molecule has 0 saturated carbocycles. The fourth-order valence-corrected chi connectivity index (χ4v) is 3.57. The summed E-state index contributed by atoms with van der Waals surface area (Å²) in [4.78, 5) is 17.2. The van der Waals surface area contributed by atoms with Gasteiger partial charge < -0.3 is 19.4 Å². The van der Waals surface area contributed by atoms with E-state index in [1.807, 2.05) is 30.3 Å². The van der Waals surface area contributed by atoms with Crippen molar-refractivity contribution >= 4 is 11.6 Å². The molecule has 2 heterocycles. The first kappa shape index (κ1) is 19.1. The Morgan fingerprint density at radius 1 is 1.07 bits per heavy atom. The minimum atomic E-state index is -0.945. The lowest BCUT2D eigenvalue weighted by Gasteiger charge is -2.36. The van der Waals surface area contributed by atoms with Gasteiger partial charge in [0.1, 0.15) is 23.2 Å². The van der Waals surface area contributed by atoms with Crippen molar-refractivity contribution in [2.45, 2.75) is 13.0 Å². The molecule has 2 aromatic carbocycles. The van der Waals surface area contributed by atoms with E-state index in [1.165, 1.54) is 12.1 Å². The van der Waals surface area contributed by atoms with Crippen LogP contribution < -0.4 is 4.90 Å². The Balaban J connectivity index is 1.56. The van der Waals surface area contributed by atoms with E-state index in [9.17, 15) is 14.3 Å². The van der Waals surface area contributed by atoms with Crippen molar-refractivity contribution in [1.29, 1.82) is 0 Å². The van der Waals surface area contributed by atoms with Crippen LogP contribution in [0.4, 0.5) is 10.1 Å². The van der Waals surface area contributed by atoms with Gasteiger partial charge in [0.25, 0.3) is 5.91 Å². The van der Waals surface area contributed by atoms with Gasteiger partial charge in [0, 0.05) is 37.4 Å². The molecule has 4 rings (SSSR count). The van der Waals surface area contributed by atoms with E-state index in [2.05, 4.69) is 10.1 Å². The zero-order chi connectivity index (χ0) is 20.4. The van der Waals surface area contributed by atoms with Crippen LogP contribution in [0.2, 0.25) is 0 Å². The number of benzene rings is 2. The van der Waals surface area contributed by atoms with Crippen molar-refractivity contribution in [2.75, 3.05) is 31.1 Å². The van der Waals surface area contributed by atoms with Gasteiger partial charge in [-0.2, -0.15) is 0 Å². The zero-order valence-electron chi connectivity index (χ0n) is 16.1. The fraction of sp³-hybridized carbons (Fsp3) is 0.273. The van der Waals surface area contributed by atoms with Crippen LogP contribution in [0, 0.1) is 5.82 Å². The second-order valence-electron chi connectivity index (χ2n) is 7.07. The number of aromatic nitrogens is 1. The molecule has 150 valence electrons. The molecular weight excluding hydrogens is 373 g/mol. The van der Waals surface area contributed by atoms with Crippen molar-refractivity contribution in [1.82, 2.24) is 10.1 Å². The van der Waals surface area contributed by atoms with Gasteiger partial charge in [-0.05, 0) is 31.2 Å². The predicted molar refractivity (Wildman–Crippen MR) is 107 cm³/mol. The van der Waals surface area contributed by atoms with Crippen LogP contribution in [0.3, 0.4) is 0 Å². The number of hydrogen-bond donors (Lipinski definition) is 1. The molecule has 0 spiro atoms. The molecule has 1 N–H and O–H groups in total. The summed E-state index contributed by atoms with van der Waals surface area (Å²) in [5, 5.41) is 14.1. The van der Waals surface area contributed by atoms with Crippen molar-refractivity contribution in [3.8, 4) is 11.3 Å². The largest absolute Gasteiger partial charge is 0.385 e. The highest BCUT2D eigenvalue weighted by Gasteiger charge is 2.31. The van der Waals surface area contributed by atoms with E-state index in [0.717, 1.165) is 11.3 Å². The van der Waals surface area contributed by atoms with Crippen LogP contribution in [0.15, 0.2) is 59.1 Å². The number of aliphatic hydroxyl groups excluding tert-OH is 1. The van der Waals surface area contributed by atoms with Crippen LogP contribution in [0.25, 0.3) is 11.3 Å². The number of aliphatic hydroxyl groups is 1. The molecule has 1 aliphatic rings. The molecule has 3 aromatic rings. The summed E-state index contributed by atoms with van der Waals surface area (Å²) >= 11 is 0. The normalized spacial score (nSPS) is 15.4. The molecule has 29 heavy (non-hydrogen) atoms. The Labute approximate surface area is 168 Å². The Morgan fingerprint density at radius 2 is 1.72 bits per heavy atom. The van der Waals surface area contributed by atoms with Gasteiger partial charge >= 0.3 is 0 Å². The molecule has 1 saturated heterocycles. The van der Waals surface area contributed by atoms with Crippen LogP contribution in [-0.4, -0.2) is 47.2 Å². The smallest absolute Gasteiger partial charge is 0.259 e. The number of rotatable bonds is 4. The quantitative estimate of drug-likeness (QED) is 0.732. The molecule has 0 aliphatic carbocycles. The summed E-state index contributed by atoms with van der Waals surface area (Å²) in [7, 11) is 0. The number of anilines is 1. The maximum atomic E-state index is 13.3. The Bertz CT molecular complexity index is 978. The number of carbonyl (C=O) groups excluding carboxylic acids is 1. The number of halogens is 1. The van der Waals surface area contributed by atoms with Gasteiger partial charge in [-0.1, -0.05) is 35.5 Å². The number of piperazine rings is 1. The van der Waals surface area contributed by atoms with Gasteiger partial charge in [0.2, 0.25) is 0 Å².